The Bertz CT molecular complexity index is 265. The van der Waals surface area contributed by atoms with Crippen molar-refractivity contribution < 1.29 is 4.74 Å². The van der Waals surface area contributed by atoms with Gasteiger partial charge in [0.05, 0.1) is 12.7 Å². The van der Waals surface area contributed by atoms with Gasteiger partial charge in [-0.1, -0.05) is 20.8 Å². The van der Waals surface area contributed by atoms with E-state index in [0.29, 0.717) is 0 Å². The number of nitriles is 1. The van der Waals surface area contributed by atoms with Gasteiger partial charge in [-0.2, -0.15) is 5.26 Å². The topological polar surface area (TPSA) is 48.3 Å². The van der Waals surface area contributed by atoms with Gasteiger partial charge in [-0.15, -0.1) is 0 Å². The summed E-state index contributed by atoms with van der Waals surface area (Å²) in [6.07, 6.45) is 3.91. The van der Waals surface area contributed by atoms with Crippen molar-refractivity contribution in [3.8, 4) is 6.07 Å². The lowest BCUT2D eigenvalue weighted by Gasteiger charge is -2.28. The molecule has 0 aliphatic rings. The van der Waals surface area contributed by atoms with Crippen LogP contribution in [0.5, 0.6) is 0 Å². The van der Waals surface area contributed by atoms with Crippen molar-refractivity contribution in [2.24, 2.45) is 0 Å². The highest BCUT2D eigenvalue weighted by Gasteiger charge is 2.26. The number of rotatable bonds is 13. The summed E-state index contributed by atoms with van der Waals surface area (Å²) < 4.78 is 5.40. The fourth-order valence-corrected chi connectivity index (χ4v) is 2.30. The Morgan fingerprint density at radius 2 is 1.95 bits per heavy atom. The predicted molar refractivity (Wildman–Crippen MR) is 84.8 cm³/mol. The molecule has 0 bridgehead atoms. The third-order valence-corrected chi connectivity index (χ3v) is 3.81. The van der Waals surface area contributed by atoms with Crippen LogP contribution < -0.4 is 5.32 Å². The molecule has 0 aromatic carbocycles. The normalized spacial score (nSPS) is 14.2. The largest absolute Gasteiger partial charge is 0.380 e. The van der Waals surface area contributed by atoms with Gasteiger partial charge < -0.3 is 9.64 Å². The molecule has 118 valence electrons. The molecule has 0 aromatic rings. The molecule has 0 aliphatic carbocycles. The summed E-state index contributed by atoms with van der Waals surface area (Å²) in [6.45, 7) is 14.0. The highest BCUT2D eigenvalue weighted by Crippen LogP contribution is 2.17. The second kappa shape index (κ2) is 12.1. The van der Waals surface area contributed by atoms with Crippen molar-refractivity contribution in [3.05, 3.63) is 0 Å². The fourth-order valence-electron chi connectivity index (χ4n) is 2.30. The molecular weight excluding hydrogens is 250 g/mol. The molecule has 0 spiro atoms. The zero-order chi connectivity index (χ0) is 15.3. The Morgan fingerprint density at radius 1 is 1.20 bits per heavy atom. The standard InChI is InChI=1S/C16H33N3O/c1-5-11-18-16(6-2,15-17)10-9-12-19(7-3)13-14-20-8-4/h18H,5-14H2,1-4H3. The maximum absolute atomic E-state index is 9.45. The minimum atomic E-state index is -0.338. The van der Waals surface area contributed by atoms with E-state index in [1.807, 2.05) is 6.92 Å². The Morgan fingerprint density at radius 3 is 2.45 bits per heavy atom. The van der Waals surface area contributed by atoms with Crippen LogP contribution in [0.1, 0.15) is 53.4 Å². The maximum atomic E-state index is 9.45. The van der Waals surface area contributed by atoms with Gasteiger partial charge in [0.25, 0.3) is 0 Å². The zero-order valence-corrected chi connectivity index (χ0v) is 13.9. The average Bonchev–Trinajstić information content (AvgIpc) is 2.49. The maximum Gasteiger partial charge on any atom is 0.106 e. The molecule has 0 fully saturated rings. The molecule has 0 amide bonds. The van der Waals surface area contributed by atoms with Gasteiger partial charge >= 0.3 is 0 Å². The number of hydrogen-bond acceptors (Lipinski definition) is 4. The van der Waals surface area contributed by atoms with Gasteiger partial charge in [-0.05, 0) is 52.2 Å². The number of nitrogens with zero attached hydrogens (tertiary/aromatic N) is 2. The van der Waals surface area contributed by atoms with Crippen molar-refractivity contribution in [2.45, 2.75) is 58.9 Å². The van der Waals surface area contributed by atoms with E-state index in [2.05, 4.69) is 37.1 Å². The monoisotopic (exact) mass is 283 g/mol. The second-order valence-corrected chi connectivity index (χ2v) is 5.21. The summed E-state index contributed by atoms with van der Waals surface area (Å²) in [4.78, 5) is 2.40. The van der Waals surface area contributed by atoms with Crippen LogP contribution in [-0.2, 0) is 4.74 Å². The summed E-state index contributed by atoms with van der Waals surface area (Å²) >= 11 is 0. The molecule has 0 aromatic heterocycles. The Balaban J connectivity index is 4.10. The van der Waals surface area contributed by atoms with Crippen molar-refractivity contribution >= 4 is 0 Å². The number of hydrogen-bond donors (Lipinski definition) is 1. The zero-order valence-electron chi connectivity index (χ0n) is 13.9. The van der Waals surface area contributed by atoms with Crippen LogP contribution in [0.15, 0.2) is 0 Å². The smallest absolute Gasteiger partial charge is 0.106 e. The van der Waals surface area contributed by atoms with Gasteiger partial charge in [0.1, 0.15) is 5.54 Å². The van der Waals surface area contributed by atoms with Gasteiger partial charge in [-0.3, -0.25) is 5.32 Å². The quantitative estimate of drug-likeness (QED) is 0.528. The van der Waals surface area contributed by atoms with Crippen molar-refractivity contribution in [3.63, 3.8) is 0 Å². The molecule has 0 aliphatic heterocycles. The summed E-state index contributed by atoms with van der Waals surface area (Å²) in [6, 6.07) is 2.49. The Labute approximate surface area is 125 Å². The molecule has 0 saturated carbocycles. The van der Waals surface area contributed by atoms with Crippen LogP contribution >= 0.6 is 0 Å². The first kappa shape index (κ1) is 19.4. The summed E-state index contributed by atoms with van der Waals surface area (Å²) in [7, 11) is 0. The van der Waals surface area contributed by atoms with E-state index < -0.39 is 0 Å². The lowest BCUT2D eigenvalue weighted by atomic mass is 9.91. The van der Waals surface area contributed by atoms with Gasteiger partial charge in [0.15, 0.2) is 0 Å². The van der Waals surface area contributed by atoms with Gasteiger partial charge in [0.2, 0.25) is 0 Å². The van der Waals surface area contributed by atoms with E-state index in [1.54, 1.807) is 0 Å². The molecule has 1 atom stereocenters. The number of likely N-dealkylation sites (N-methyl/N-ethyl adjacent to an activating group) is 1. The van der Waals surface area contributed by atoms with Crippen LogP contribution in [0.2, 0.25) is 0 Å². The first-order chi connectivity index (χ1) is 9.67. The average molecular weight is 283 g/mol. The van der Waals surface area contributed by atoms with Crippen LogP contribution in [0.25, 0.3) is 0 Å². The molecule has 0 radical (unpaired) electrons. The minimum absolute atomic E-state index is 0.338. The molecule has 4 nitrogen and oxygen atoms in total. The third kappa shape index (κ3) is 7.84. The first-order valence-corrected chi connectivity index (χ1v) is 8.14. The molecule has 0 heterocycles. The van der Waals surface area contributed by atoms with Crippen molar-refractivity contribution in [1.29, 1.82) is 5.26 Å². The Kier molecular flexibility index (Phi) is 11.8. The molecule has 20 heavy (non-hydrogen) atoms. The highest BCUT2D eigenvalue weighted by molar-refractivity contribution is 5.06. The number of ether oxygens (including phenoxy) is 1. The molecule has 1 unspecified atom stereocenters. The van der Waals surface area contributed by atoms with E-state index in [1.165, 1.54) is 0 Å². The predicted octanol–water partition coefficient (Wildman–Crippen LogP) is 2.80. The van der Waals surface area contributed by atoms with Gasteiger partial charge in [0, 0.05) is 13.2 Å². The van der Waals surface area contributed by atoms with E-state index in [9.17, 15) is 5.26 Å². The number of nitrogens with one attached hydrogen (secondary N) is 1. The first-order valence-electron chi connectivity index (χ1n) is 8.14. The summed E-state index contributed by atoms with van der Waals surface area (Å²) in [5.41, 5.74) is -0.338. The third-order valence-electron chi connectivity index (χ3n) is 3.81. The Hall–Kier alpha value is -0.630. The second-order valence-electron chi connectivity index (χ2n) is 5.21. The molecule has 4 heteroatoms. The minimum Gasteiger partial charge on any atom is -0.380 e. The summed E-state index contributed by atoms with van der Waals surface area (Å²) in [5, 5.41) is 12.9. The van der Waals surface area contributed by atoms with Crippen molar-refractivity contribution in [2.75, 3.05) is 39.4 Å². The van der Waals surface area contributed by atoms with E-state index in [4.69, 9.17) is 4.74 Å². The fraction of sp³-hybridized carbons (Fsp3) is 0.938. The molecule has 0 saturated heterocycles. The lowest BCUT2D eigenvalue weighted by molar-refractivity contribution is 0.114. The van der Waals surface area contributed by atoms with Gasteiger partial charge in [-0.25, -0.2) is 0 Å². The summed E-state index contributed by atoms with van der Waals surface area (Å²) in [5.74, 6) is 0. The van der Waals surface area contributed by atoms with E-state index in [0.717, 1.165) is 65.1 Å². The highest BCUT2D eigenvalue weighted by atomic mass is 16.5. The van der Waals surface area contributed by atoms with Crippen LogP contribution in [0.3, 0.4) is 0 Å². The van der Waals surface area contributed by atoms with E-state index in [-0.39, 0.29) is 5.54 Å². The van der Waals surface area contributed by atoms with Crippen molar-refractivity contribution in [1.82, 2.24) is 10.2 Å². The van der Waals surface area contributed by atoms with Crippen LogP contribution in [-0.4, -0.2) is 49.8 Å². The molecular formula is C16H33N3O. The SMILES string of the molecule is CCCNC(C#N)(CC)CCCN(CC)CCOCC. The van der Waals surface area contributed by atoms with E-state index >= 15 is 0 Å². The lowest BCUT2D eigenvalue weighted by Crippen LogP contribution is -2.44. The van der Waals surface area contributed by atoms with Crippen LogP contribution in [0, 0.1) is 11.3 Å². The van der Waals surface area contributed by atoms with Crippen LogP contribution in [0.4, 0.5) is 0 Å². The molecule has 0 rings (SSSR count). The molecule has 1 N–H and O–H groups in total.